The minimum atomic E-state index is -0.379. The third-order valence-corrected chi connectivity index (χ3v) is 4.41. The highest BCUT2D eigenvalue weighted by molar-refractivity contribution is 5.82. The summed E-state index contributed by atoms with van der Waals surface area (Å²) in [6.07, 6.45) is 1.19. The molecule has 4 N–H and O–H groups in total. The maximum Gasteiger partial charge on any atom is 0.224 e. The Morgan fingerprint density at radius 1 is 1.16 bits per heavy atom. The molecule has 0 saturated heterocycles. The largest absolute Gasteiger partial charge is 0.399 e. The van der Waals surface area contributed by atoms with E-state index in [-0.39, 0.29) is 11.8 Å². The molecule has 1 amide bonds. The molecule has 0 bridgehead atoms. The highest BCUT2D eigenvalue weighted by atomic mass is 16.1. The predicted molar refractivity (Wildman–Crippen MR) is 101 cm³/mol. The molecule has 130 valence electrons. The van der Waals surface area contributed by atoms with E-state index in [9.17, 15) is 4.79 Å². The fourth-order valence-corrected chi connectivity index (χ4v) is 2.96. The number of carbonyl (C=O) groups is 1. The Morgan fingerprint density at radius 2 is 1.80 bits per heavy atom. The molecule has 0 radical (unpaired) electrons. The maximum absolute atomic E-state index is 11.9. The third-order valence-electron chi connectivity index (χ3n) is 4.41. The van der Waals surface area contributed by atoms with E-state index in [0.29, 0.717) is 19.4 Å². The van der Waals surface area contributed by atoms with E-state index >= 15 is 0 Å². The van der Waals surface area contributed by atoms with Crippen LogP contribution in [0.1, 0.15) is 35.4 Å². The molecule has 0 spiro atoms. The molecule has 25 heavy (non-hydrogen) atoms. The van der Waals surface area contributed by atoms with Crippen LogP contribution in [0.4, 0.5) is 5.69 Å². The highest BCUT2D eigenvalue weighted by Gasteiger charge is 2.19. The van der Waals surface area contributed by atoms with E-state index in [0.717, 1.165) is 33.5 Å². The molecule has 0 heterocycles. The molecule has 2 rings (SSSR count). The van der Waals surface area contributed by atoms with Crippen molar-refractivity contribution in [3.8, 4) is 11.1 Å². The number of aryl methyl sites for hydroxylation is 2. The number of nitrogens with two attached hydrogens (primary N) is 2. The van der Waals surface area contributed by atoms with Crippen LogP contribution in [0.5, 0.6) is 0 Å². The highest BCUT2D eigenvalue weighted by Crippen LogP contribution is 2.30. The van der Waals surface area contributed by atoms with Gasteiger partial charge in [-0.1, -0.05) is 29.4 Å². The molecule has 2 aromatic rings. The SMILES string of the molecule is Cc1cc(-c2ccc(C(CCCN=[N+]=[N-])C(N)=O)c(C)c2)ccc1N. The van der Waals surface area contributed by atoms with Gasteiger partial charge >= 0.3 is 0 Å². The first-order valence-electron chi connectivity index (χ1n) is 8.21. The molecular weight excluding hydrogens is 314 g/mol. The fourth-order valence-electron chi connectivity index (χ4n) is 2.96. The number of hydrogen-bond donors (Lipinski definition) is 2. The van der Waals surface area contributed by atoms with Crippen molar-refractivity contribution in [3.63, 3.8) is 0 Å². The zero-order valence-corrected chi connectivity index (χ0v) is 14.6. The summed E-state index contributed by atoms with van der Waals surface area (Å²) < 4.78 is 0. The lowest BCUT2D eigenvalue weighted by Crippen LogP contribution is -2.22. The van der Waals surface area contributed by atoms with Crippen LogP contribution in [0.25, 0.3) is 21.6 Å². The zero-order valence-electron chi connectivity index (χ0n) is 14.6. The number of benzene rings is 2. The molecule has 0 saturated carbocycles. The Morgan fingerprint density at radius 3 is 2.36 bits per heavy atom. The second-order valence-electron chi connectivity index (χ2n) is 6.19. The predicted octanol–water partition coefficient (Wildman–Crippen LogP) is 4.21. The van der Waals surface area contributed by atoms with Crippen LogP contribution in [0.15, 0.2) is 41.5 Å². The first-order valence-corrected chi connectivity index (χ1v) is 8.21. The number of anilines is 1. The summed E-state index contributed by atoms with van der Waals surface area (Å²) in [5.74, 6) is -0.740. The zero-order chi connectivity index (χ0) is 18.4. The lowest BCUT2D eigenvalue weighted by atomic mass is 9.88. The van der Waals surface area contributed by atoms with E-state index in [1.54, 1.807) is 0 Å². The molecule has 1 atom stereocenters. The van der Waals surface area contributed by atoms with Crippen LogP contribution in [-0.2, 0) is 4.79 Å². The van der Waals surface area contributed by atoms with E-state index < -0.39 is 0 Å². The fraction of sp³-hybridized carbons (Fsp3) is 0.316. The summed E-state index contributed by atoms with van der Waals surface area (Å²) in [6.45, 7) is 4.32. The number of hydrogen-bond acceptors (Lipinski definition) is 3. The van der Waals surface area contributed by atoms with Crippen LogP contribution in [-0.4, -0.2) is 12.5 Å². The number of carbonyl (C=O) groups excluding carboxylic acids is 1. The molecule has 2 aromatic carbocycles. The Balaban J connectivity index is 2.28. The monoisotopic (exact) mass is 337 g/mol. The van der Waals surface area contributed by atoms with Gasteiger partial charge in [-0.2, -0.15) is 0 Å². The second kappa shape index (κ2) is 8.22. The molecule has 0 aromatic heterocycles. The van der Waals surface area contributed by atoms with Gasteiger partial charge in [-0.3, -0.25) is 4.79 Å². The first-order chi connectivity index (χ1) is 11.9. The Kier molecular flexibility index (Phi) is 6.03. The standard InChI is InChI=1S/C19H23N5O/c1-12-10-14(15-6-8-18(20)13(2)11-15)5-7-16(12)17(19(21)25)4-3-9-23-24-22/h5-8,10-11,17H,3-4,9,20H2,1-2H3,(H2,21,25). The smallest absolute Gasteiger partial charge is 0.224 e. The molecule has 6 nitrogen and oxygen atoms in total. The number of azide groups is 1. The van der Waals surface area contributed by atoms with Gasteiger partial charge in [-0.05, 0) is 72.2 Å². The van der Waals surface area contributed by atoms with E-state index in [2.05, 4.69) is 22.2 Å². The van der Waals surface area contributed by atoms with Crippen molar-refractivity contribution in [2.45, 2.75) is 32.6 Å². The van der Waals surface area contributed by atoms with Crippen molar-refractivity contribution in [1.29, 1.82) is 0 Å². The summed E-state index contributed by atoms with van der Waals surface area (Å²) in [6, 6.07) is 12.0. The number of nitrogen functional groups attached to an aromatic ring is 1. The van der Waals surface area contributed by atoms with Gasteiger partial charge in [0.05, 0.1) is 5.92 Å². The van der Waals surface area contributed by atoms with Crippen molar-refractivity contribution in [1.82, 2.24) is 0 Å². The van der Waals surface area contributed by atoms with Crippen molar-refractivity contribution in [2.24, 2.45) is 10.8 Å². The van der Waals surface area contributed by atoms with Crippen LogP contribution in [0.2, 0.25) is 0 Å². The van der Waals surface area contributed by atoms with Gasteiger partial charge in [-0.15, -0.1) is 0 Å². The minimum absolute atomic E-state index is 0.361. The third kappa shape index (κ3) is 4.52. The van der Waals surface area contributed by atoms with Gasteiger partial charge in [-0.25, -0.2) is 0 Å². The van der Waals surface area contributed by atoms with Crippen molar-refractivity contribution in [3.05, 3.63) is 63.5 Å². The van der Waals surface area contributed by atoms with Gasteiger partial charge in [0.2, 0.25) is 5.91 Å². The molecule has 0 aliphatic carbocycles. The summed E-state index contributed by atoms with van der Waals surface area (Å²) in [4.78, 5) is 14.6. The van der Waals surface area contributed by atoms with Crippen molar-refractivity contribution < 1.29 is 4.79 Å². The summed E-state index contributed by atoms with van der Waals surface area (Å²) >= 11 is 0. The van der Waals surface area contributed by atoms with E-state index in [1.807, 2.05) is 38.1 Å². The quantitative estimate of drug-likeness (QED) is 0.259. The lowest BCUT2D eigenvalue weighted by molar-refractivity contribution is -0.119. The van der Waals surface area contributed by atoms with E-state index in [4.69, 9.17) is 17.0 Å². The van der Waals surface area contributed by atoms with E-state index in [1.165, 1.54) is 0 Å². The van der Waals surface area contributed by atoms with Crippen LogP contribution >= 0.6 is 0 Å². The number of nitrogens with zero attached hydrogens (tertiary/aromatic N) is 3. The molecular formula is C19H23N5O. The summed E-state index contributed by atoms with van der Waals surface area (Å²) in [5, 5.41) is 3.51. The Hall–Kier alpha value is -2.98. The molecule has 0 aliphatic heterocycles. The summed E-state index contributed by atoms with van der Waals surface area (Å²) in [5.41, 5.74) is 25.7. The summed E-state index contributed by atoms with van der Waals surface area (Å²) in [7, 11) is 0. The van der Waals surface area contributed by atoms with Gasteiger partial charge in [0, 0.05) is 17.1 Å². The maximum atomic E-state index is 11.9. The van der Waals surface area contributed by atoms with Crippen LogP contribution < -0.4 is 11.5 Å². The molecule has 0 fully saturated rings. The van der Waals surface area contributed by atoms with Crippen LogP contribution in [0, 0.1) is 13.8 Å². The van der Waals surface area contributed by atoms with Gasteiger partial charge in [0.15, 0.2) is 0 Å². The lowest BCUT2D eigenvalue weighted by Gasteiger charge is -2.17. The Labute approximate surface area is 147 Å². The molecule has 0 aliphatic rings. The first kappa shape index (κ1) is 18.4. The number of primary amides is 1. The van der Waals surface area contributed by atoms with Crippen molar-refractivity contribution >= 4 is 11.6 Å². The van der Waals surface area contributed by atoms with Crippen molar-refractivity contribution in [2.75, 3.05) is 12.3 Å². The normalized spacial score (nSPS) is 11.6. The topological polar surface area (TPSA) is 118 Å². The number of amides is 1. The van der Waals surface area contributed by atoms with Crippen LogP contribution in [0.3, 0.4) is 0 Å². The van der Waals surface area contributed by atoms with Gasteiger partial charge in [0.25, 0.3) is 0 Å². The average molecular weight is 337 g/mol. The minimum Gasteiger partial charge on any atom is -0.399 e. The molecule has 1 unspecified atom stereocenters. The number of rotatable bonds is 7. The Bertz CT molecular complexity index is 825. The van der Waals surface area contributed by atoms with Gasteiger partial charge < -0.3 is 11.5 Å². The van der Waals surface area contributed by atoms with Gasteiger partial charge in [0.1, 0.15) is 0 Å². The second-order valence-corrected chi connectivity index (χ2v) is 6.19. The molecule has 6 heteroatoms. The average Bonchev–Trinajstić information content (AvgIpc) is 2.58.